The second kappa shape index (κ2) is 6.56. The number of hydrogen-bond acceptors (Lipinski definition) is 2. The quantitative estimate of drug-likeness (QED) is 0.497. The van der Waals surface area contributed by atoms with E-state index in [1.165, 1.54) is 0 Å². The van der Waals surface area contributed by atoms with Crippen molar-refractivity contribution < 1.29 is 14.6 Å². The molecule has 0 aromatic heterocycles. The third kappa shape index (κ3) is 3.60. The number of benzene rings is 2. The third-order valence-electron chi connectivity index (χ3n) is 2.81. The molecule has 0 spiro atoms. The minimum absolute atomic E-state index is 0.270. The van der Waals surface area contributed by atoms with Crippen LogP contribution in [0.3, 0.4) is 0 Å². The minimum atomic E-state index is -0.943. The highest BCUT2D eigenvalue weighted by Crippen LogP contribution is 2.21. The summed E-state index contributed by atoms with van der Waals surface area (Å²) in [5, 5.41) is 9.36. The van der Waals surface area contributed by atoms with E-state index in [9.17, 15) is 9.90 Å². The Labute approximate surface area is 131 Å². The highest BCUT2D eigenvalue weighted by molar-refractivity contribution is 14.1. The van der Waals surface area contributed by atoms with E-state index in [0.29, 0.717) is 5.56 Å². The summed E-state index contributed by atoms with van der Waals surface area (Å²) in [6.45, 7) is 0. The zero-order valence-electron chi connectivity index (χ0n) is 10.8. The second-order valence-corrected chi connectivity index (χ2v) is 5.39. The average molecular weight is 380 g/mol. The Morgan fingerprint density at radius 2 is 1.70 bits per heavy atom. The fourth-order valence-electron chi connectivity index (χ4n) is 1.76. The number of carbonyl (C=O) groups is 1. The number of carboxylic acid groups (broad SMARTS) is 1. The van der Waals surface area contributed by atoms with E-state index in [0.717, 1.165) is 14.9 Å². The van der Waals surface area contributed by atoms with Crippen LogP contribution in [0, 0.1) is 3.57 Å². The van der Waals surface area contributed by atoms with Gasteiger partial charge in [0.15, 0.2) is 0 Å². The van der Waals surface area contributed by atoms with Crippen molar-refractivity contribution in [2.45, 2.75) is 0 Å². The molecule has 1 N–H and O–H groups in total. The van der Waals surface area contributed by atoms with Crippen LogP contribution in [-0.2, 0) is 4.79 Å². The summed E-state index contributed by atoms with van der Waals surface area (Å²) < 4.78 is 6.15. The Hall–Kier alpha value is -1.82. The molecule has 0 aliphatic rings. The molecular weight excluding hydrogens is 367 g/mol. The van der Waals surface area contributed by atoms with Crippen LogP contribution in [0.5, 0.6) is 5.75 Å². The van der Waals surface area contributed by atoms with Crippen molar-refractivity contribution >= 4 is 40.2 Å². The summed E-state index contributed by atoms with van der Waals surface area (Å²) in [6, 6.07) is 14.7. The molecule has 3 nitrogen and oxygen atoms in total. The zero-order chi connectivity index (χ0) is 14.5. The zero-order valence-corrected chi connectivity index (χ0v) is 13.0. The van der Waals surface area contributed by atoms with Crippen LogP contribution in [-0.4, -0.2) is 18.2 Å². The third-order valence-corrected chi connectivity index (χ3v) is 3.53. The van der Waals surface area contributed by atoms with E-state index >= 15 is 0 Å². The van der Waals surface area contributed by atoms with Crippen molar-refractivity contribution in [2.24, 2.45) is 0 Å². The minimum Gasteiger partial charge on any atom is -0.497 e. The molecule has 0 saturated heterocycles. The molecule has 102 valence electrons. The maximum atomic E-state index is 11.4. The molecule has 0 fully saturated rings. The van der Waals surface area contributed by atoms with Gasteiger partial charge in [-0.25, -0.2) is 4.79 Å². The monoisotopic (exact) mass is 380 g/mol. The van der Waals surface area contributed by atoms with Gasteiger partial charge in [0.25, 0.3) is 0 Å². The van der Waals surface area contributed by atoms with Gasteiger partial charge in [-0.3, -0.25) is 0 Å². The number of aliphatic carboxylic acids is 1. The van der Waals surface area contributed by atoms with Crippen LogP contribution >= 0.6 is 22.6 Å². The average Bonchev–Trinajstić information content (AvgIpc) is 2.46. The van der Waals surface area contributed by atoms with Gasteiger partial charge >= 0.3 is 5.97 Å². The van der Waals surface area contributed by atoms with E-state index in [4.69, 9.17) is 4.74 Å². The Morgan fingerprint density at radius 3 is 2.20 bits per heavy atom. The van der Waals surface area contributed by atoms with E-state index in [-0.39, 0.29) is 5.57 Å². The first kappa shape index (κ1) is 14.6. The maximum Gasteiger partial charge on any atom is 0.336 e. The largest absolute Gasteiger partial charge is 0.497 e. The van der Waals surface area contributed by atoms with E-state index in [1.54, 1.807) is 25.3 Å². The number of carboxylic acids is 1. The van der Waals surface area contributed by atoms with Gasteiger partial charge < -0.3 is 9.84 Å². The molecule has 0 amide bonds. The Morgan fingerprint density at radius 1 is 1.10 bits per heavy atom. The fraction of sp³-hybridized carbons (Fsp3) is 0.0625. The molecule has 0 radical (unpaired) electrons. The number of halogens is 1. The van der Waals surface area contributed by atoms with E-state index < -0.39 is 5.97 Å². The fourth-order valence-corrected chi connectivity index (χ4v) is 2.12. The van der Waals surface area contributed by atoms with Gasteiger partial charge in [-0.15, -0.1) is 0 Å². The van der Waals surface area contributed by atoms with Gasteiger partial charge in [0.1, 0.15) is 5.75 Å². The molecule has 4 heteroatoms. The number of ether oxygens (including phenoxy) is 1. The molecule has 0 heterocycles. The number of hydrogen-bond donors (Lipinski definition) is 1. The van der Waals surface area contributed by atoms with Crippen LogP contribution in [0.25, 0.3) is 11.6 Å². The van der Waals surface area contributed by atoms with Gasteiger partial charge in [-0.2, -0.15) is 0 Å². The first-order valence-corrected chi connectivity index (χ1v) is 7.03. The molecule has 0 unspecified atom stereocenters. The predicted octanol–water partition coefficient (Wildman–Crippen LogP) is 3.93. The molecule has 0 saturated carbocycles. The lowest BCUT2D eigenvalue weighted by Gasteiger charge is -2.04. The standard InChI is InChI=1S/C16H13IO3/c1-20-14-8-2-11(3-9-14)10-15(16(18)19)12-4-6-13(17)7-5-12/h2-10H,1H3,(H,18,19). The second-order valence-electron chi connectivity index (χ2n) is 4.14. The Bertz CT molecular complexity index is 628. The highest BCUT2D eigenvalue weighted by Gasteiger charge is 2.10. The van der Waals surface area contributed by atoms with Gasteiger partial charge in [0.2, 0.25) is 0 Å². The lowest BCUT2D eigenvalue weighted by molar-refractivity contribution is -0.130. The summed E-state index contributed by atoms with van der Waals surface area (Å²) in [7, 11) is 1.60. The smallest absolute Gasteiger partial charge is 0.336 e. The number of methoxy groups -OCH3 is 1. The first-order valence-electron chi connectivity index (χ1n) is 5.95. The van der Waals surface area contributed by atoms with Crippen molar-refractivity contribution in [3.8, 4) is 5.75 Å². The summed E-state index contributed by atoms with van der Waals surface area (Å²) in [4.78, 5) is 11.4. The molecule has 0 aliphatic carbocycles. The maximum absolute atomic E-state index is 11.4. The van der Waals surface area contributed by atoms with Gasteiger partial charge in [0.05, 0.1) is 12.7 Å². The first-order chi connectivity index (χ1) is 9.60. The van der Waals surface area contributed by atoms with Crippen LogP contribution < -0.4 is 4.74 Å². The van der Waals surface area contributed by atoms with Crippen LogP contribution in [0.4, 0.5) is 0 Å². The Balaban J connectivity index is 2.39. The summed E-state index contributed by atoms with van der Waals surface area (Å²) in [6.07, 6.45) is 1.66. The SMILES string of the molecule is COc1ccc(C=C(C(=O)O)c2ccc(I)cc2)cc1. The number of rotatable bonds is 4. The van der Waals surface area contributed by atoms with Gasteiger partial charge in [0, 0.05) is 3.57 Å². The highest BCUT2D eigenvalue weighted by atomic mass is 127. The van der Waals surface area contributed by atoms with Crippen molar-refractivity contribution in [3.63, 3.8) is 0 Å². The van der Waals surface area contributed by atoms with Crippen molar-refractivity contribution in [1.29, 1.82) is 0 Å². The van der Waals surface area contributed by atoms with Crippen molar-refractivity contribution in [1.82, 2.24) is 0 Å². The molecule has 2 aromatic rings. The summed E-state index contributed by atoms with van der Waals surface area (Å²) in [5.74, 6) is -0.199. The summed E-state index contributed by atoms with van der Waals surface area (Å²) >= 11 is 2.19. The van der Waals surface area contributed by atoms with E-state index in [2.05, 4.69) is 22.6 Å². The summed E-state index contributed by atoms with van der Waals surface area (Å²) in [5.41, 5.74) is 1.78. The molecule has 20 heavy (non-hydrogen) atoms. The molecule has 2 rings (SSSR count). The van der Waals surface area contributed by atoms with Gasteiger partial charge in [-0.05, 0) is 64.1 Å². The molecule has 2 aromatic carbocycles. The van der Waals surface area contributed by atoms with E-state index in [1.807, 2.05) is 36.4 Å². The Kier molecular flexibility index (Phi) is 4.79. The topological polar surface area (TPSA) is 46.5 Å². The molecular formula is C16H13IO3. The molecule has 0 aliphatic heterocycles. The van der Waals surface area contributed by atoms with Crippen molar-refractivity contribution in [3.05, 3.63) is 63.2 Å². The van der Waals surface area contributed by atoms with Crippen LogP contribution in [0.2, 0.25) is 0 Å². The lowest BCUT2D eigenvalue weighted by Crippen LogP contribution is -1.99. The predicted molar refractivity (Wildman–Crippen MR) is 87.7 cm³/mol. The van der Waals surface area contributed by atoms with Gasteiger partial charge in [-0.1, -0.05) is 24.3 Å². The molecule has 0 bridgehead atoms. The lowest BCUT2D eigenvalue weighted by atomic mass is 10.0. The van der Waals surface area contributed by atoms with Crippen molar-refractivity contribution in [2.75, 3.05) is 7.11 Å². The van der Waals surface area contributed by atoms with Crippen LogP contribution in [0.1, 0.15) is 11.1 Å². The molecule has 0 atom stereocenters. The van der Waals surface area contributed by atoms with Crippen LogP contribution in [0.15, 0.2) is 48.5 Å². The normalized spacial score (nSPS) is 11.2.